The minimum absolute atomic E-state index is 0.0586. The third kappa shape index (κ3) is 2.93. The molecule has 116 valence electrons. The number of nitrogens with zero attached hydrogens (tertiary/aromatic N) is 1. The van der Waals surface area contributed by atoms with Crippen LogP contribution in [-0.4, -0.2) is 15.5 Å². The van der Waals surface area contributed by atoms with Crippen LogP contribution < -0.4 is 5.56 Å². The summed E-state index contributed by atoms with van der Waals surface area (Å²) in [6, 6.07) is 9.16. The van der Waals surface area contributed by atoms with Crippen LogP contribution in [0.3, 0.4) is 0 Å². The van der Waals surface area contributed by atoms with Gasteiger partial charge in [0.15, 0.2) is 4.77 Å². The van der Waals surface area contributed by atoms with Crippen molar-refractivity contribution in [1.82, 2.24) is 9.55 Å². The molecule has 2 aromatic carbocycles. The average Bonchev–Trinajstić information content (AvgIpc) is 2.48. The fraction of sp³-hybridized carbons (Fsp3) is 0. The van der Waals surface area contributed by atoms with Gasteiger partial charge in [0.05, 0.1) is 15.9 Å². The lowest BCUT2D eigenvalue weighted by molar-refractivity contribution is 0.0953. The number of fused-ring (bicyclic) bond motifs is 1. The molecule has 0 amide bonds. The van der Waals surface area contributed by atoms with E-state index in [0.29, 0.717) is 10.5 Å². The first-order chi connectivity index (χ1) is 10.9. The second-order valence-corrected chi connectivity index (χ2v) is 6.36. The molecule has 8 heteroatoms. The molecule has 0 saturated heterocycles. The van der Waals surface area contributed by atoms with Gasteiger partial charge in [0.1, 0.15) is 0 Å². The highest BCUT2D eigenvalue weighted by Gasteiger charge is 2.16. The average molecular weight is 386 g/mol. The van der Waals surface area contributed by atoms with Crippen molar-refractivity contribution in [3.63, 3.8) is 0 Å². The molecular weight excluding hydrogens is 379 g/mol. The van der Waals surface area contributed by atoms with E-state index in [1.165, 1.54) is 18.2 Å². The quantitative estimate of drug-likeness (QED) is 0.617. The first kappa shape index (κ1) is 16.2. The molecule has 0 bridgehead atoms. The summed E-state index contributed by atoms with van der Waals surface area (Å²) >= 11 is 23.0. The molecule has 0 spiro atoms. The Hall–Kier alpha value is -1.66. The highest BCUT2D eigenvalue weighted by atomic mass is 35.5. The molecule has 0 aliphatic carbocycles. The summed E-state index contributed by atoms with van der Waals surface area (Å²) in [7, 11) is 0. The zero-order chi connectivity index (χ0) is 16.7. The number of rotatable bonds is 1. The van der Waals surface area contributed by atoms with Crippen molar-refractivity contribution >= 4 is 63.8 Å². The Balaban J connectivity index is 2.33. The Morgan fingerprint density at radius 2 is 1.83 bits per heavy atom. The van der Waals surface area contributed by atoms with Gasteiger partial charge in [0, 0.05) is 15.6 Å². The fourth-order valence-electron chi connectivity index (χ4n) is 2.18. The molecule has 1 aromatic heterocycles. The SMILES string of the molecule is O=C(c1cccc(Cl)c1)n1c(=S)[nH]c2c(Cl)cc(Cl)cc2c1=O. The highest BCUT2D eigenvalue weighted by molar-refractivity contribution is 7.71. The van der Waals surface area contributed by atoms with E-state index < -0.39 is 11.5 Å². The van der Waals surface area contributed by atoms with E-state index in [1.54, 1.807) is 18.2 Å². The molecular formula is C15H7Cl3N2O2S. The van der Waals surface area contributed by atoms with E-state index in [1.807, 2.05) is 0 Å². The molecule has 0 aliphatic heterocycles. The lowest BCUT2D eigenvalue weighted by Gasteiger charge is -2.08. The molecule has 3 aromatic rings. The van der Waals surface area contributed by atoms with E-state index in [-0.39, 0.29) is 25.8 Å². The lowest BCUT2D eigenvalue weighted by Crippen LogP contribution is -2.29. The number of benzene rings is 2. The number of H-pyrrole nitrogens is 1. The number of halogens is 3. The molecule has 0 unspecified atom stereocenters. The van der Waals surface area contributed by atoms with Crippen LogP contribution >= 0.6 is 47.0 Å². The van der Waals surface area contributed by atoms with Gasteiger partial charge in [-0.1, -0.05) is 40.9 Å². The number of hydrogen-bond acceptors (Lipinski definition) is 3. The maximum absolute atomic E-state index is 12.7. The Labute approximate surface area is 150 Å². The monoisotopic (exact) mass is 384 g/mol. The number of aromatic nitrogens is 2. The normalized spacial score (nSPS) is 10.9. The molecule has 1 heterocycles. The third-order valence-electron chi connectivity index (χ3n) is 3.20. The van der Waals surface area contributed by atoms with Gasteiger partial charge < -0.3 is 4.98 Å². The summed E-state index contributed by atoms with van der Waals surface area (Å²) in [6.45, 7) is 0. The maximum atomic E-state index is 12.7. The molecule has 3 rings (SSSR count). The summed E-state index contributed by atoms with van der Waals surface area (Å²) in [5.41, 5.74) is -0.0223. The molecule has 0 saturated carbocycles. The van der Waals surface area contributed by atoms with Crippen LogP contribution in [0.1, 0.15) is 10.4 Å². The second kappa shape index (κ2) is 6.09. The van der Waals surface area contributed by atoms with Crippen molar-refractivity contribution in [2.75, 3.05) is 0 Å². The Kier molecular flexibility index (Phi) is 4.29. The van der Waals surface area contributed by atoms with Crippen LogP contribution in [0.2, 0.25) is 15.1 Å². The highest BCUT2D eigenvalue weighted by Crippen LogP contribution is 2.24. The zero-order valence-corrected chi connectivity index (χ0v) is 14.4. The summed E-state index contributed by atoms with van der Waals surface area (Å²) in [5.74, 6) is -0.586. The predicted molar refractivity (Wildman–Crippen MR) is 94.6 cm³/mol. The second-order valence-electron chi connectivity index (χ2n) is 4.70. The smallest absolute Gasteiger partial charge is 0.269 e. The van der Waals surface area contributed by atoms with Gasteiger partial charge >= 0.3 is 0 Å². The van der Waals surface area contributed by atoms with E-state index in [9.17, 15) is 9.59 Å². The van der Waals surface area contributed by atoms with Gasteiger partial charge in [0.25, 0.3) is 11.5 Å². The van der Waals surface area contributed by atoms with Gasteiger partial charge in [-0.25, -0.2) is 4.57 Å². The number of aromatic amines is 1. The van der Waals surface area contributed by atoms with Gasteiger partial charge in [-0.05, 0) is 42.5 Å². The summed E-state index contributed by atoms with van der Waals surface area (Å²) < 4.78 is 0.799. The topological polar surface area (TPSA) is 54.9 Å². The van der Waals surface area contributed by atoms with Gasteiger partial charge in [-0.15, -0.1) is 0 Å². The Morgan fingerprint density at radius 3 is 2.52 bits per heavy atom. The number of hydrogen-bond donors (Lipinski definition) is 1. The molecule has 0 radical (unpaired) electrons. The maximum Gasteiger partial charge on any atom is 0.269 e. The van der Waals surface area contributed by atoms with E-state index in [0.717, 1.165) is 4.57 Å². The van der Waals surface area contributed by atoms with Gasteiger partial charge in [-0.3, -0.25) is 9.59 Å². The largest absolute Gasteiger partial charge is 0.330 e. The molecule has 23 heavy (non-hydrogen) atoms. The minimum atomic E-state index is -0.599. The number of carbonyl (C=O) groups is 1. The van der Waals surface area contributed by atoms with Gasteiger partial charge in [0.2, 0.25) is 0 Å². The minimum Gasteiger partial charge on any atom is -0.330 e. The molecule has 4 nitrogen and oxygen atoms in total. The first-order valence-corrected chi connectivity index (χ1v) is 7.87. The number of nitrogens with one attached hydrogen (secondary N) is 1. The van der Waals surface area contributed by atoms with Crippen LogP contribution in [0.25, 0.3) is 10.9 Å². The summed E-state index contributed by atoms with van der Waals surface area (Å²) in [6.07, 6.45) is 0. The van der Waals surface area contributed by atoms with Crippen LogP contribution in [-0.2, 0) is 0 Å². The third-order valence-corrected chi connectivity index (χ3v) is 4.23. The Morgan fingerprint density at radius 1 is 1.09 bits per heavy atom. The van der Waals surface area contributed by atoms with E-state index in [4.69, 9.17) is 47.0 Å². The van der Waals surface area contributed by atoms with Crippen LogP contribution in [0.5, 0.6) is 0 Å². The van der Waals surface area contributed by atoms with E-state index >= 15 is 0 Å². The van der Waals surface area contributed by atoms with Crippen LogP contribution in [0.4, 0.5) is 0 Å². The lowest BCUT2D eigenvalue weighted by atomic mass is 10.2. The molecule has 0 atom stereocenters. The number of carbonyl (C=O) groups excluding carboxylic acids is 1. The van der Waals surface area contributed by atoms with Crippen molar-refractivity contribution in [1.29, 1.82) is 0 Å². The van der Waals surface area contributed by atoms with Crippen molar-refractivity contribution in [2.24, 2.45) is 0 Å². The summed E-state index contributed by atoms with van der Waals surface area (Å²) in [4.78, 5) is 28.1. The zero-order valence-electron chi connectivity index (χ0n) is 11.3. The fourth-order valence-corrected chi connectivity index (χ4v) is 3.18. The first-order valence-electron chi connectivity index (χ1n) is 6.33. The van der Waals surface area contributed by atoms with Crippen LogP contribution in [0.15, 0.2) is 41.2 Å². The van der Waals surface area contributed by atoms with Crippen molar-refractivity contribution < 1.29 is 4.79 Å². The molecule has 0 aliphatic rings. The van der Waals surface area contributed by atoms with Crippen molar-refractivity contribution in [3.8, 4) is 0 Å². The predicted octanol–water partition coefficient (Wildman–Crippen LogP) is 4.71. The molecule has 1 N–H and O–H groups in total. The Bertz CT molecular complexity index is 1070. The summed E-state index contributed by atoms with van der Waals surface area (Å²) in [5, 5.41) is 1.09. The van der Waals surface area contributed by atoms with Gasteiger partial charge in [-0.2, -0.15) is 0 Å². The van der Waals surface area contributed by atoms with Crippen LogP contribution in [0, 0.1) is 4.77 Å². The molecule has 0 fully saturated rings. The van der Waals surface area contributed by atoms with Crippen molar-refractivity contribution in [2.45, 2.75) is 0 Å². The van der Waals surface area contributed by atoms with Crippen molar-refractivity contribution in [3.05, 3.63) is 72.2 Å². The standard InChI is InChI=1S/C15H7Cl3N2O2S/c16-8-3-1-2-7(4-8)13(21)20-14(22)10-5-9(17)6-11(18)12(10)19-15(20)23/h1-6H,(H,19,23). The van der Waals surface area contributed by atoms with E-state index in [2.05, 4.69) is 4.98 Å².